The van der Waals surface area contributed by atoms with Gasteiger partial charge in [0.1, 0.15) is 6.04 Å². The van der Waals surface area contributed by atoms with Gasteiger partial charge in [-0.1, -0.05) is 35.3 Å². The number of carbonyl (C=O) groups excluding carboxylic acids is 2. The minimum absolute atomic E-state index is 0.124. The van der Waals surface area contributed by atoms with E-state index in [1.54, 1.807) is 30.0 Å². The lowest BCUT2D eigenvalue weighted by molar-refractivity contribution is -0.139. The van der Waals surface area contributed by atoms with Gasteiger partial charge < -0.3 is 10.2 Å². The Hall–Kier alpha value is -1.69. The molecule has 29 heavy (non-hydrogen) atoms. The van der Waals surface area contributed by atoms with E-state index in [0.717, 1.165) is 10.5 Å². The number of nitrogens with zero attached hydrogens (tertiary/aromatic N) is 1. The molecule has 0 spiro atoms. The SMILES string of the molecule is C[C@H](C(=O)NC(C)(C)C)N(Cc1cccc(Cl)c1)C(=O)CSc1ccc(Cl)cc1. The van der Waals surface area contributed by atoms with E-state index in [-0.39, 0.29) is 23.1 Å². The molecule has 0 bridgehead atoms. The molecular weight excluding hydrogens is 427 g/mol. The van der Waals surface area contributed by atoms with Gasteiger partial charge in [-0.2, -0.15) is 0 Å². The van der Waals surface area contributed by atoms with E-state index >= 15 is 0 Å². The first-order chi connectivity index (χ1) is 13.5. The highest BCUT2D eigenvalue weighted by Crippen LogP contribution is 2.22. The van der Waals surface area contributed by atoms with E-state index < -0.39 is 6.04 Å². The van der Waals surface area contributed by atoms with E-state index in [1.807, 2.05) is 51.1 Å². The van der Waals surface area contributed by atoms with Crippen molar-refractivity contribution in [1.29, 1.82) is 0 Å². The number of nitrogens with one attached hydrogen (secondary N) is 1. The van der Waals surface area contributed by atoms with Gasteiger partial charge >= 0.3 is 0 Å². The van der Waals surface area contributed by atoms with Crippen molar-refractivity contribution in [2.45, 2.75) is 50.7 Å². The fourth-order valence-corrected chi connectivity index (χ4v) is 3.77. The maximum Gasteiger partial charge on any atom is 0.242 e. The lowest BCUT2D eigenvalue weighted by atomic mass is 10.1. The Morgan fingerprint density at radius 1 is 1.07 bits per heavy atom. The summed E-state index contributed by atoms with van der Waals surface area (Å²) < 4.78 is 0. The number of hydrogen-bond donors (Lipinski definition) is 1. The van der Waals surface area contributed by atoms with Crippen LogP contribution in [0, 0.1) is 0 Å². The topological polar surface area (TPSA) is 49.4 Å². The summed E-state index contributed by atoms with van der Waals surface area (Å²) in [6, 6.07) is 14.0. The lowest BCUT2D eigenvalue weighted by Gasteiger charge is -2.31. The summed E-state index contributed by atoms with van der Waals surface area (Å²) in [5.41, 5.74) is 0.492. The van der Waals surface area contributed by atoms with Crippen LogP contribution < -0.4 is 5.32 Å². The van der Waals surface area contributed by atoms with Crippen molar-refractivity contribution in [3.63, 3.8) is 0 Å². The average molecular weight is 453 g/mol. The number of thioether (sulfide) groups is 1. The molecule has 0 aromatic heterocycles. The molecule has 2 rings (SSSR count). The van der Waals surface area contributed by atoms with Crippen LogP contribution in [-0.2, 0) is 16.1 Å². The van der Waals surface area contributed by atoms with Crippen molar-refractivity contribution in [3.05, 3.63) is 64.1 Å². The molecule has 1 N–H and O–H groups in total. The highest BCUT2D eigenvalue weighted by Gasteiger charge is 2.28. The standard InChI is InChI=1S/C22H26Cl2N2O2S/c1-15(21(28)25-22(2,3)4)26(13-16-6-5-7-18(24)12-16)20(27)14-29-19-10-8-17(23)9-11-19/h5-12,15H,13-14H2,1-4H3,(H,25,28)/t15-/m1/s1. The van der Waals surface area contributed by atoms with Gasteiger partial charge in [-0.25, -0.2) is 0 Å². The van der Waals surface area contributed by atoms with Crippen LogP contribution >= 0.6 is 35.0 Å². The minimum atomic E-state index is -0.619. The zero-order chi connectivity index (χ0) is 21.6. The normalized spacial score (nSPS) is 12.3. The van der Waals surface area contributed by atoms with E-state index in [1.165, 1.54) is 11.8 Å². The van der Waals surface area contributed by atoms with Crippen molar-refractivity contribution in [1.82, 2.24) is 10.2 Å². The Balaban J connectivity index is 2.16. The molecule has 0 radical (unpaired) electrons. The Labute approximate surface area is 187 Å². The van der Waals surface area contributed by atoms with Gasteiger partial charge in [0.05, 0.1) is 5.75 Å². The summed E-state index contributed by atoms with van der Waals surface area (Å²) in [7, 11) is 0. The largest absolute Gasteiger partial charge is 0.350 e. The van der Waals surface area contributed by atoms with E-state index in [0.29, 0.717) is 16.6 Å². The molecule has 1 atom stereocenters. The maximum absolute atomic E-state index is 13.1. The van der Waals surface area contributed by atoms with Crippen molar-refractivity contribution in [2.24, 2.45) is 0 Å². The summed E-state index contributed by atoms with van der Waals surface area (Å²) in [5, 5.41) is 4.19. The summed E-state index contributed by atoms with van der Waals surface area (Å²) in [5.74, 6) is -0.0964. The van der Waals surface area contributed by atoms with Gasteiger partial charge in [0.25, 0.3) is 0 Å². The summed E-state index contributed by atoms with van der Waals surface area (Å²) >= 11 is 13.4. The van der Waals surface area contributed by atoms with Gasteiger partial charge in [-0.3, -0.25) is 9.59 Å². The van der Waals surface area contributed by atoms with Crippen LogP contribution in [0.2, 0.25) is 10.0 Å². The zero-order valence-electron chi connectivity index (χ0n) is 17.0. The van der Waals surface area contributed by atoms with E-state index in [2.05, 4.69) is 5.32 Å². The molecule has 2 aromatic carbocycles. The number of benzene rings is 2. The second-order valence-electron chi connectivity index (χ2n) is 7.81. The Bertz CT molecular complexity index is 851. The van der Waals surface area contributed by atoms with Crippen LogP contribution in [0.5, 0.6) is 0 Å². The van der Waals surface area contributed by atoms with Gasteiger partial charge in [-0.05, 0) is 69.7 Å². The predicted octanol–water partition coefficient (Wildman–Crippen LogP) is 5.42. The number of rotatable bonds is 7. The van der Waals surface area contributed by atoms with Crippen LogP contribution in [0.3, 0.4) is 0 Å². The quantitative estimate of drug-likeness (QED) is 0.570. The molecule has 0 saturated carbocycles. The zero-order valence-corrected chi connectivity index (χ0v) is 19.4. The van der Waals surface area contributed by atoms with Gasteiger partial charge in [0.15, 0.2) is 0 Å². The Morgan fingerprint density at radius 3 is 2.31 bits per heavy atom. The lowest BCUT2D eigenvalue weighted by Crippen LogP contribution is -2.52. The summed E-state index contributed by atoms with van der Waals surface area (Å²) in [4.78, 5) is 28.3. The van der Waals surface area contributed by atoms with Crippen LogP contribution in [0.25, 0.3) is 0 Å². The molecule has 156 valence electrons. The van der Waals surface area contributed by atoms with Crippen molar-refractivity contribution in [3.8, 4) is 0 Å². The smallest absolute Gasteiger partial charge is 0.242 e. The minimum Gasteiger partial charge on any atom is -0.350 e. The molecule has 0 unspecified atom stereocenters. The van der Waals surface area contributed by atoms with E-state index in [4.69, 9.17) is 23.2 Å². The molecule has 0 fully saturated rings. The van der Waals surface area contributed by atoms with Gasteiger partial charge in [0, 0.05) is 27.0 Å². The van der Waals surface area contributed by atoms with Gasteiger partial charge in [-0.15, -0.1) is 11.8 Å². The average Bonchev–Trinajstić information content (AvgIpc) is 2.63. The molecule has 0 heterocycles. The molecule has 7 heteroatoms. The first kappa shape index (κ1) is 23.6. The van der Waals surface area contributed by atoms with Crippen molar-refractivity contribution < 1.29 is 9.59 Å². The second kappa shape index (κ2) is 10.4. The van der Waals surface area contributed by atoms with Crippen molar-refractivity contribution in [2.75, 3.05) is 5.75 Å². The third-order valence-corrected chi connectivity index (χ3v) is 5.57. The molecule has 0 saturated heterocycles. The second-order valence-corrected chi connectivity index (χ2v) is 9.73. The molecule has 0 aliphatic heterocycles. The highest BCUT2D eigenvalue weighted by atomic mass is 35.5. The number of amides is 2. The molecule has 2 amide bonds. The predicted molar refractivity (Wildman–Crippen MR) is 122 cm³/mol. The summed E-state index contributed by atoms with van der Waals surface area (Å²) in [6.07, 6.45) is 0. The van der Waals surface area contributed by atoms with Crippen LogP contribution in [0.15, 0.2) is 53.4 Å². The van der Waals surface area contributed by atoms with E-state index in [9.17, 15) is 9.59 Å². The highest BCUT2D eigenvalue weighted by molar-refractivity contribution is 8.00. The Morgan fingerprint density at radius 2 is 1.72 bits per heavy atom. The monoisotopic (exact) mass is 452 g/mol. The Kier molecular flexibility index (Phi) is 8.44. The van der Waals surface area contributed by atoms with Crippen molar-refractivity contribution >= 4 is 46.8 Å². The molecule has 0 aliphatic carbocycles. The fourth-order valence-electron chi connectivity index (χ4n) is 2.65. The number of halogens is 2. The molecule has 4 nitrogen and oxygen atoms in total. The number of carbonyl (C=O) groups is 2. The number of hydrogen-bond acceptors (Lipinski definition) is 3. The van der Waals surface area contributed by atoms with Crippen LogP contribution in [-0.4, -0.2) is 34.0 Å². The van der Waals surface area contributed by atoms with Crippen LogP contribution in [0.4, 0.5) is 0 Å². The summed E-state index contributed by atoms with van der Waals surface area (Å²) in [6.45, 7) is 7.79. The first-order valence-corrected chi connectivity index (χ1v) is 11.0. The first-order valence-electron chi connectivity index (χ1n) is 9.29. The van der Waals surface area contributed by atoms with Crippen LogP contribution in [0.1, 0.15) is 33.3 Å². The third-order valence-electron chi connectivity index (χ3n) is 4.08. The molecule has 2 aromatic rings. The van der Waals surface area contributed by atoms with Gasteiger partial charge in [0.2, 0.25) is 11.8 Å². The molecule has 0 aliphatic rings. The third kappa shape index (κ3) is 7.92. The molecular formula is C22H26Cl2N2O2S. The maximum atomic E-state index is 13.1. The fraction of sp³-hybridized carbons (Fsp3) is 0.364.